The van der Waals surface area contributed by atoms with Crippen LogP contribution in [0.2, 0.25) is 0 Å². The molecule has 3 rings (SSSR count). The van der Waals surface area contributed by atoms with E-state index in [9.17, 15) is 4.79 Å². The zero-order valence-electron chi connectivity index (χ0n) is 11.7. The monoisotopic (exact) mass is 345 g/mol. The van der Waals surface area contributed by atoms with Crippen LogP contribution in [0.1, 0.15) is 17.2 Å². The summed E-state index contributed by atoms with van der Waals surface area (Å²) in [6.07, 6.45) is 0.931. The maximum atomic E-state index is 11.6. The molecule has 0 spiro atoms. The van der Waals surface area contributed by atoms with Crippen molar-refractivity contribution in [3.63, 3.8) is 0 Å². The molecule has 0 aliphatic carbocycles. The number of halogens is 1. The largest absolute Gasteiger partial charge is 0.302 e. The van der Waals surface area contributed by atoms with Gasteiger partial charge in [-0.1, -0.05) is 64.0 Å². The molecule has 1 saturated heterocycles. The second-order valence-electron chi connectivity index (χ2n) is 5.29. The van der Waals surface area contributed by atoms with Crippen LogP contribution in [0.25, 0.3) is 0 Å². The molecule has 1 aliphatic rings. The molecule has 21 heavy (non-hydrogen) atoms. The normalized spacial score (nSPS) is 25.0. The highest BCUT2D eigenvalue weighted by Crippen LogP contribution is 2.45. The Morgan fingerprint density at radius 3 is 2.48 bits per heavy atom. The molecule has 0 saturated carbocycles. The number of para-hydroxylation sites is 1. The van der Waals surface area contributed by atoms with Gasteiger partial charge >= 0.3 is 0 Å². The quantitative estimate of drug-likeness (QED) is 0.625. The predicted octanol–water partition coefficient (Wildman–Crippen LogP) is 3.82. The lowest BCUT2D eigenvalue weighted by Gasteiger charge is -2.29. The highest BCUT2D eigenvalue weighted by atomic mass is 79.9. The van der Waals surface area contributed by atoms with Crippen molar-refractivity contribution in [1.82, 2.24) is 0 Å². The van der Waals surface area contributed by atoms with E-state index in [1.807, 2.05) is 54.5 Å². The van der Waals surface area contributed by atoms with Crippen molar-refractivity contribution in [2.45, 2.75) is 17.3 Å². The van der Waals surface area contributed by atoms with Gasteiger partial charge in [0.2, 0.25) is 0 Å². The first-order chi connectivity index (χ1) is 10.1. The molecule has 0 unspecified atom stereocenters. The van der Waals surface area contributed by atoms with Crippen LogP contribution in [0.15, 0.2) is 54.6 Å². The van der Waals surface area contributed by atoms with Gasteiger partial charge in [0.25, 0.3) is 0 Å². The molecule has 1 heterocycles. The molecule has 0 radical (unpaired) electrons. The van der Waals surface area contributed by atoms with Gasteiger partial charge in [-0.3, -0.25) is 4.84 Å². The first kappa shape index (κ1) is 14.3. The van der Waals surface area contributed by atoms with E-state index in [1.54, 1.807) is 0 Å². The Morgan fingerprint density at radius 2 is 1.86 bits per heavy atom. The van der Waals surface area contributed by atoms with E-state index in [2.05, 4.69) is 28.1 Å². The fraction of sp³-hybridized carbons (Fsp3) is 0.235. The number of hydrogen-bond acceptors (Lipinski definition) is 3. The van der Waals surface area contributed by atoms with Gasteiger partial charge in [-0.2, -0.15) is 0 Å². The number of aldehydes is 1. The first-order valence-electron chi connectivity index (χ1n) is 6.83. The number of anilines is 1. The molecular formula is C17H16BrNO2. The lowest BCUT2D eigenvalue weighted by atomic mass is 9.94. The van der Waals surface area contributed by atoms with Gasteiger partial charge in [0.05, 0.1) is 12.3 Å². The summed E-state index contributed by atoms with van der Waals surface area (Å²) < 4.78 is -0.738. The number of carbonyl (C=O) groups excluding carboxylic acids is 1. The predicted molar refractivity (Wildman–Crippen MR) is 86.5 cm³/mol. The van der Waals surface area contributed by atoms with Crippen molar-refractivity contribution < 1.29 is 9.63 Å². The second-order valence-corrected chi connectivity index (χ2v) is 6.77. The number of aryl methyl sites for hydroxylation is 1. The van der Waals surface area contributed by atoms with Crippen LogP contribution >= 0.6 is 15.9 Å². The van der Waals surface area contributed by atoms with Gasteiger partial charge in [0.15, 0.2) is 0 Å². The van der Waals surface area contributed by atoms with Crippen LogP contribution in [0.3, 0.4) is 0 Å². The molecule has 4 heteroatoms. The SMILES string of the molecule is Cc1ccc([C@H]2N(c3ccccc3)OC[C@]2(Br)C=O)cc1. The topological polar surface area (TPSA) is 29.5 Å². The van der Waals surface area contributed by atoms with Gasteiger partial charge in [-0.05, 0) is 24.6 Å². The molecule has 0 amide bonds. The lowest BCUT2D eigenvalue weighted by Crippen LogP contribution is -2.35. The number of carbonyl (C=O) groups is 1. The molecule has 1 fully saturated rings. The Labute approximate surface area is 132 Å². The summed E-state index contributed by atoms with van der Waals surface area (Å²) >= 11 is 3.57. The molecule has 108 valence electrons. The van der Waals surface area contributed by atoms with Crippen LogP contribution in [-0.4, -0.2) is 17.2 Å². The summed E-state index contributed by atoms with van der Waals surface area (Å²) in [6, 6.07) is 17.8. The van der Waals surface area contributed by atoms with Crippen LogP contribution < -0.4 is 5.06 Å². The Hall–Kier alpha value is -1.65. The maximum Gasteiger partial charge on any atom is 0.141 e. The fourth-order valence-corrected chi connectivity index (χ4v) is 3.13. The number of benzene rings is 2. The Bertz CT molecular complexity index is 629. The van der Waals surface area contributed by atoms with Crippen molar-refractivity contribution in [3.05, 3.63) is 65.7 Å². The molecule has 1 aliphatic heterocycles. The minimum atomic E-state index is -0.738. The molecule has 2 aromatic carbocycles. The number of hydroxylamine groups is 1. The lowest BCUT2D eigenvalue weighted by molar-refractivity contribution is -0.109. The third kappa shape index (κ3) is 2.61. The van der Waals surface area contributed by atoms with Crippen LogP contribution in [0.4, 0.5) is 5.69 Å². The van der Waals surface area contributed by atoms with Crippen molar-refractivity contribution in [3.8, 4) is 0 Å². The standard InChI is InChI=1S/C17H16BrNO2/c1-13-7-9-14(10-8-13)16-17(18,11-20)12-21-19(16)15-5-3-2-4-6-15/h2-11,16H,12H2,1H3/t16-,17-/m1/s1. The maximum absolute atomic E-state index is 11.6. The number of rotatable bonds is 3. The highest BCUT2D eigenvalue weighted by molar-refractivity contribution is 9.10. The van der Waals surface area contributed by atoms with Crippen LogP contribution in [0, 0.1) is 6.92 Å². The first-order valence-corrected chi connectivity index (χ1v) is 7.62. The molecule has 2 atom stereocenters. The zero-order valence-corrected chi connectivity index (χ0v) is 13.3. The summed E-state index contributed by atoms with van der Waals surface area (Å²) in [7, 11) is 0. The van der Waals surface area contributed by atoms with Crippen LogP contribution in [-0.2, 0) is 9.63 Å². The fourth-order valence-electron chi connectivity index (χ4n) is 2.58. The van der Waals surface area contributed by atoms with Crippen molar-refractivity contribution in [2.75, 3.05) is 11.7 Å². The van der Waals surface area contributed by atoms with E-state index in [0.29, 0.717) is 6.61 Å². The third-order valence-corrected chi connectivity index (χ3v) is 4.56. The minimum Gasteiger partial charge on any atom is -0.302 e. The Kier molecular flexibility index (Phi) is 3.83. The Morgan fingerprint density at radius 1 is 1.19 bits per heavy atom. The minimum absolute atomic E-state index is 0.196. The van der Waals surface area contributed by atoms with Crippen molar-refractivity contribution >= 4 is 27.9 Å². The molecule has 3 nitrogen and oxygen atoms in total. The van der Waals surface area contributed by atoms with Crippen molar-refractivity contribution in [1.29, 1.82) is 0 Å². The van der Waals surface area contributed by atoms with Gasteiger partial charge < -0.3 is 4.79 Å². The van der Waals surface area contributed by atoms with E-state index in [0.717, 1.165) is 17.5 Å². The van der Waals surface area contributed by atoms with Gasteiger partial charge in [-0.25, -0.2) is 5.06 Å². The average Bonchev–Trinajstić information content (AvgIpc) is 2.87. The van der Waals surface area contributed by atoms with Gasteiger partial charge in [-0.15, -0.1) is 0 Å². The smallest absolute Gasteiger partial charge is 0.141 e. The van der Waals surface area contributed by atoms with Gasteiger partial charge in [0, 0.05) is 0 Å². The molecule has 0 aromatic heterocycles. The zero-order chi connectivity index (χ0) is 14.9. The summed E-state index contributed by atoms with van der Waals surface area (Å²) in [6.45, 7) is 2.36. The summed E-state index contributed by atoms with van der Waals surface area (Å²) in [4.78, 5) is 17.4. The number of nitrogens with zero attached hydrogens (tertiary/aromatic N) is 1. The molecule has 0 N–H and O–H groups in total. The molecular weight excluding hydrogens is 330 g/mol. The summed E-state index contributed by atoms with van der Waals surface area (Å²) in [5.41, 5.74) is 3.17. The van der Waals surface area contributed by atoms with Crippen molar-refractivity contribution in [2.24, 2.45) is 0 Å². The molecule has 2 aromatic rings. The van der Waals surface area contributed by atoms with E-state index in [1.165, 1.54) is 5.56 Å². The number of alkyl halides is 1. The second kappa shape index (κ2) is 5.62. The molecule has 0 bridgehead atoms. The summed E-state index contributed by atoms with van der Waals surface area (Å²) in [5.74, 6) is 0. The van der Waals surface area contributed by atoms with Crippen LogP contribution in [0.5, 0.6) is 0 Å². The number of hydrogen-bond donors (Lipinski definition) is 0. The highest BCUT2D eigenvalue weighted by Gasteiger charge is 2.48. The summed E-state index contributed by atoms with van der Waals surface area (Å²) in [5, 5.41) is 1.81. The van der Waals surface area contributed by atoms with E-state index in [-0.39, 0.29) is 6.04 Å². The Balaban J connectivity index is 2.05. The third-order valence-electron chi connectivity index (χ3n) is 3.71. The average molecular weight is 346 g/mol. The van der Waals surface area contributed by atoms with E-state index in [4.69, 9.17) is 4.84 Å². The van der Waals surface area contributed by atoms with Gasteiger partial charge in [0.1, 0.15) is 16.7 Å². The van der Waals surface area contributed by atoms with E-state index >= 15 is 0 Å². The van der Waals surface area contributed by atoms with E-state index < -0.39 is 4.32 Å².